The van der Waals surface area contributed by atoms with Crippen molar-refractivity contribution in [3.05, 3.63) is 39.5 Å². The molecule has 1 heterocycles. The van der Waals surface area contributed by atoms with Crippen molar-refractivity contribution in [2.75, 3.05) is 0 Å². The Morgan fingerprint density at radius 1 is 1.39 bits per heavy atom. The van der Waals surface area contributed by atoms with E-state index in [9.17, 15) is 5.11 Å². The monoisotopic (exact) mass is 310 g/mol. The van der Waals surface area contributed by atoms with E-state index in [1.165, 1.54) is 0 Å². The molecule has 0 amide bonds. The van der Waals surface area contributed by atoms with E-state index in [-0.39, 0.29) is 6.61 Å². The highest BCUT2D eigenvalue weighted by Gasteiger charge is 2.15. The van der Waals surface area contributed by atoms with Crippen molar-refractivity contribution in [1.82, 2.24) is 9.78 Å². The van der Waals surface area contributed by atoms with Gasteiger partial charge in [0.25, 0.3) is 0 Å². The van der Waals surface area contributed by atoms with Crippen molar-refractivity contribution in [2.24, 2.45) is 7.05 Å². The molecule has 18 heavy (non-hydrogen) atoms. The van der Waals surface area contributed by atoms with E-state index < -0.39 is 0 Å². The number of hydrogen-bond donors (Lipinski definition) is 1. The second kappa shape index (κ2) is 5.12. The van der Waals surface area contributed by atoms with Crippen molar-refractivity contribution in [3.8, 4) is 11.6 Å². The fourth-order valence-corrected chi connectivity index (χ4v) is 2.12. The van der Waals surface area contributed by atoms with Crippen molar-refractivity contribution in [3.63, 3.8) is 0 Å². The smallest absolute Gasteiger partial charge is 0.223 e. The predicted octanol–water partition coefficient (Wildman–Crippen LogP) is 3.08. The molecule has 0 atom stereocenters. The third kappa shape index (κ3) is 2.42. The highest BCUT2D eigenvalue weighted by atomic mass is 79.9. The van der Waals surface area contributed by atoms with E-state index in [1.807, 2.05) is 32.0 Å². The summed E-state index contributed by atoms with van der Waals surface area (Å²) in [6.45, 7) is 3.75. The van der Waals surface area contributed by atoms with Crippen LogP contribution in [0.4, 0.5) is 0 Å². The van der Waals surface area contributed by atoms with Gasteiger partial charge in [0, 0.05) is 11.5 Å². The maximum absolute atomic E-state index is 9.37. The molecule has 1 aromatic heterocycles. The minimum absolute atomic E-state index is 0.0813. The Kier molecular flexibility index (Phi) is 3.73. The highest BCUT2D eigenvalue weighted by Crippen LogP contribution is 2.31. The first-order valence-electron chi connectivity index (χ1n) is 5.60. The lowest BCUT2D eigenvalue weighted by Crippen LogP contribution is -1.98. The molecular formula is C13H15BrN2O2. The SMILES string of the molecule is Cc1ccc(Br)cc1Oc1c(CO)c(C)nn1C. The largest absolute Gasteiger partial charge is 0.439 e. The molecule has 0 fully saturated rings. The summed E-state index contributed by atoms with van der Waals surface area (Å²) in [4.78, 5) is 0. The van der Waals surface area contributed by atoms with E-state index in [0.717, 1.165) is 27.0 Å². The molecule has 0 aliphatic heterocycles. The number of rotatable bonds is 3. The highest BCUT2D eigenvalue weighted by molar-refractivity contribution is 9.10. The van der Waals surface area contributed by atoms with E-state index in [2.05, 4.69) is 21.0 Å². The first kappa shape index (κ1) is 13.1. The Balaban J connectivity index is 2.42. The standard InChI is InChI=1S/C13H15BrN2O2/c1-8-4-5-10(14)6-12(8)18-13-11(7-17)9(2)15-16(13)3/h4-6,17H,7H2,1-3H3. The quantitative estimate of drug-likeness (QED) is 0.947. The first-order valence-corrected chi connectivity index (χ1v) is 6.39. The lowest BCUT2D eigenvalue weighted by molar-refractivity contribution is 0.274. The van der Waals surface area contributed by atoms with E-state index in [4.69, 9.17) is 4.74 Å². The summed E-state index contributed by atoms with van der Waals surface area (Å²) in [5.41, 5.74) is 2.53. The van der Waals surface area contributed by atoms with Gasteiger partial charge < -0.3 is 9.84 Å². The van der Waals surface area contributed by atoms with Gasteiger partial charge in [-0.05, 0) is 31.5 Å². The topological polar surface area (TPSA) is 47.3 Å². The van der Waals surface area contributed by atoms with Crippen LogP contribution >= 0.6 is 15.9 Å². The molecule has 0 unspecified atom stereocenters. The van der Waals surface area contributed by atoms with E-state index >= 15 is 0 Å². The van der Waals surface area contributed by atoms with Crippen LogP contribution in [0.5, 0.6) is 11.6 Å². The molecule has 0 spiro atoms. The number of benzene rings is 1. The Labute approximate surface area is 114 Å². The van der Waals surface area contributed by atoms with Crippen LogP contribution in [0.25, 0.3) is 0 Å². The number of aryl methyl sites for hydroxylation is 3. The summed E-state index contributed by atoms with van der Waals surface area (Å²) >= 11 is 3.42. The van der Waals surface area contributed by atoms with Gasteiger partial charge in [0.05, 0.1) is 17.9 Å². The average molecular weight is 311 g/mol. The van der Waals surface area contributed by atoms with Crippen molar-refractivity contribution < 1.29 is 9.84 Å². The molecule has 96 valence electrons. The molecular weight excluding hydrogens is 296 g/mol. The molecule has 0 saturated heterocycles. The number of aromatic nitrogens is 2. The molecule has 2 aromatic rings. The minimum atomic E-state index is -0.0813. The number of hydrogen-bond acceptors (Lipinski definition) is 3. The maximum Gasteiger partial charge on any atom is 0.223 e. The molecule has 1 aromatic carbocycles. The van der Waals surface area contributed by atoms with E-state index in [1.54, 1.807) is 11.7 Å². The molecule has 0 aliphatic carbocycles. The normalized spacial score (nSPS) is 10.7. The van der Waals surface area contributed by atoms with Gasteiger partial charge in [-0.15, -0.1) is 0 Å². The lowest BCUT2D eigenvalue weighted by atomic mass is 10.2. The van der Waals surface area contributed by atoms with Crippen LogP contribution in [0.2, 0.25) is 0 Å². The zero-order chi connectivity index (χ0) is 13.3. The van der Waals surface area contributed by atoms with Gasteiger partial charge in [-0.1, -0.05) is 22.0 Å². The molecule has 0 radical (unpaired) electrons. The molecule has 2 rings (SSSR count). The zero-order valence-corrected chi connectivity index (χ0v) is 12.2. The fraction of sp³-hybridized carbons (Fsp3) is 0.308. The first-order chi connectivity index (χ1) is 8.52. The lowest BCUT2D eigenvalue weighted by Gasteiger charge is -2.10. The van der Waals surface area contributed by atoms with Gasteiger partial charge in [-0.3, -0.25) is 0 Å². The van der Waals surface area contributed by atoms with Crippen LogP contribution in [-0.2, 0) is 13.7 Å². The molecule has 0 saturated carbocycles. The van der Waals surface area contributed by atoms with Crippen LogP contribution < -0.4 is 4.74 Å². The Hall–Kier alpha value is -1.33. The molecule has 5 heteroatoms. The van der Waals surface area contributed by atoms with Crippen LogP contribution in [0, 0.1) is 13.8 Å². The minimum Gasteiger partial charge on any atom is -0.439 e. The number of aliphatic hydroxyl groups excluding tert-OH is 1. The maximum atomic E-state index is 9.37. The summed E-state index contributed by atoms with van der Waals surface area (Å²) < 4.78 is 8.47. The van der Waals surface area contributed by atoms with E-state index in [0.29, 0.717) is 5.88 Å². The number of aliphatic hydroxyl groups is 1. The number of ether oxygens (including phenoxy) is 1. The van der Waals surface area contributed by atoms with Crippen LogP contribution in [0.15, 0.2) is 22.7 Å². The van der Waals surface area contributed by atoms with Gasteiger partial charge in [-0.25, -0.2) is 4.68 Å². The number of nitrogens with zero attached hydrogens (tertiary/aromatic N) is 2. The van der Waals surface area contributed by atoms with Crippen LogP contribution in [-0.4, -0.2) is 14.9 Å². The summed E-state index contributed by atoms with van der Waals surface area (Å²) in [6.07, 6.45) is 0. The van der Waals surface area contributed by atoms with Gasteiger partial charge in [0.15, 0.2) is 0 Å². The third-order valence-electron chi connectivity index (χ3n) is 2.80. The fourth-order valence-electron chi connectivity index (χ4n) is 1.78. The Bertz CT molecular complexity index is 579. The zero-order valence-electron chi connectivity index (χ0n) is 10.6. The molecule has 0 bridgehead atoms. The summed E-state index contributed by atoms with van der Waals surface area (Å²) in [5.74, 6) is 1.33. The number of halogens is 1. The van der Waals surface area contributed by atoms with Crippen molar-refractivity contribution in [2.45, 2.75) is 20.5 Å². The Morgan fingerprint density at radius 3 is 2.78 bits per heavy atom. The second-order valence-corrected chi connectivity index (χ2v) is 5.08. The van der Waals surface area contributed by atoms with Crippen LogP contribution in [0.3, 0.4) is 0 Å². The van der Waals surface area contributed by atoms with Crippen molar-refractivity contribution in [1.29, 1.82) is 0 Å². The van der Waals surface area contributed by atoms with Crippen LogP contribution in [0.1, 0.15) is 16.8 Å². The Morgan fingerprint density at radius 2 is 2.11 bits per heavy atom. The molecule has 4 nitrogen and oxygen atoms in total. The second-order valence-electron chi connectivity index (χ2n) is 4.16. The van der Waals surface area contributed by atoms with Gasteiger partial charge in [0.1, 0.15) is 5.75 Å². The summed E-state index contributed by atoms with van der Waals surface area (Å²) in [7, 11) is 1.80. The predicted molar refractivity (Wildman–Crippen MR) is 72.8 cm³/mol. The summed E-state index contributed by atoms with van der Waals surface area (Å²) in [5, 5.41) is 13.6. The van der Waals surface area contributed by atoms with Crippen molar-refractivity contribution >= 4 is 15.9 Å². The van der Waals surface area contributed by atoms with Gasteiger partial charge >= 0.3 is 0 Å². The van der Waals surface area contributed by atoms with Gasteiger partial charge in [0.2, 0.25) is 5.88 Å². The average Bonchev–Trinajstić information content (AvgIpc) is 2.58. The van der Waals surface area contributed by atoms with Gasteiger partial charge in [-0.2, -0.15) is 5.10 Å². The third-order valence-corrected chi connectivity index (χ3v) is 3.30. The summed E-state index contributed by atoms with van der Waals surface area (Å²) in [6, 6.07) is 5.84. The molecule has 0 aliphatic rings. The molecule has 1 N–H and O–H groups in total.